The van der Waals surface area contributed by atoms with Gasteiger partial charge in [0.2, 0.25) is 5.91 Å². The van der Waals surface area contributed by atoms with Gasteiger partial charge in [-0.3, -0.25) is 9.48 Å². The minimum Gasteiger partial charge on any atom is -0.353 e. The molecule has 6 nitrogen and oxygen atoms in total. The summed E-state index contributed by atoms with van der Waals surface area (Å²) in [5.74, 6) is 0.860. The van der Waals surface area contributed by atoms with Crippen LogP contribution in [-0.4, -0.2) is 39.8 Å². The molecular formula is C8H13N5O. The van der Waals surface area contributed by atoms with E-state index in [-0.39, 0.29) is 11.9 Å². The Bertz CT molecular complexity index is 334. The molecule has 0 aromatic carbocycles. The van der Waals surface area contributed by atoms with Crippen molar-refractivity contribution in [1.82, 2.24) is 25.4 Å². The van der Waals surface area contributed by atoms with Gasteiger partial charge < -0.3 is 10.6 Å². The number of hydrogen-bond donors (Lipinski definition) is 2. The Morgan fingerprint density at radius 1 is 1.64 bits per heavy atom. The van der Waals surface area contributed by atoms with Gasteiger partial charge in [-0.15, -0.1) is 0 Å². The van der Waals surface area contributed by atoms with Crippen molar-refractivity contribution in [2.24, 2.45) is 7.05 Å². The molecule has 0 spiro atoms. The molecule has 1 fully saturated rings. The van der Waals surface area contributed by atoms with E-state index in [0.29, 0.717) is 13.0 Å². The highest BCUT2D eigenvalue weighted by Gasteiger charge is 2.22. The Labute approximate surface area is 81.7 Å². The number of nitrogens with zero attached hydrogens (tertiary/aromatic N) is 3. The fraction of sp³-hybridized carbons (Fsp3) is 0.625. The molecule has 0 saturated carbocycles. The molecule has 1 aliphatic rings. The van der Waals surface area contributed by atoms with Crippen LogP contribution in [0.15, 0.2) is 6.33 Å². The van der Waals surface area contributed by atoms with Crippen molar-refractivity contribution in [2.45, 2.75) is 12.5 Å². The molecule has 1 saturated heterocycles. The van der Waals surface area contributed by atoms with Crippen LogP contribution in [0.1, 0.15) is 5.82 Å². The second-order valence-electron chi connectivity index (χ2n) is 3.30. The number of amides is 1. The highest BCUT2D eigenvalue weighted by Crippen LogP contribution is 2.00. The summed E-state index contributed by atoms with van der Waals surface area (Å²) in [7, 11) is 1.82. The van der Waals surface area contributed by atoms with Crippen LogP contribution >= 0.6 is 0 Å². The van der Waals surface area contributed by atoms with E-state index in [1.807, 2.05) is 7.05 Å². The topological polar surface area (TPSA) is 71.8 Å². The van der Waals surface area contributed by atoms with Gasteiger partial charge in [-0.2, -0.15) is 5.10 Å². The van der Waals surface area contributed by atoms with Crippen molar-refractivity contribution in [3.05, 3.63) is 12.2 Å². The molecule has 76 valence electrons. The predicted octanol–water partition coefficient (Wildman–Crippen LogP) is -1.55. The Kier molecular flexibility index (Phi) is 2.45. The first-order valence-corrected chi connectivity index (χ1v) is 4.61. The van der Waals surface area contributed by atoms with E-state index >= 15 is 0 Å². The van der Waals surface area contributed by atoms with E-state index in [4.69, 9.17) is 0 Å². The number of hydrogen-bond acceptors (Lipinski definition) is 4. The van der Waals surface area contributed by atoms with Crippen LogP contribution in [0.4, 0.5) is 0 Å². The van der Waals surface area contributed by atoms with E-state index in [2.05, 4.69) is 20.7 Å². The fourth-order valence-corrected chi connectivity index (χ4v) is 1.50. The molecule has 0 radical (unpaired) electrons. The van der Waals surface area contributed by atoms with Crippen LogP contribution in [0.3, 0.4) is 0 Å². The molecule has 14 heavy (non-hydrogen) atoms. The lowest BCUT2D eigenvalue weighted by Crippen LogP contribution is -2.53. The van der Waals surface area contributed by atoms with E-state index in [9.17, 15) is 4.79 Å². The zero-order chi connectivity index (χ0) is 9.97. The number of piperazine rings is 1. The molecule has 1 unspecified atom stereocenters. The standard InChI is InChI=1S/C8H13N5O/c1-13-7(11-5-12-13)4-6-8(14)10-3-2-9-6/h5-6,9H,2-4H2,1H3,(H,10,14). The molecule has 1 aliphatic heterocycles. The zero-order valence-electron chi connectivity index (χ0n) is 8.03. The first-order chi connectivity index (χ1) is 6.77. The van der Waals surface area contributed by atoms with Gasteiger partial charge in [-0.1, -0.05) is 0 Å². The third-order valence-electron chi connectivity index (χ3n) is 2.32. The minimum atomic E-state index is -0.174. The number of rotatable bonds is 2. The number of nitrogens with one attached hydrogen (secondary N) is 2. The van der Waals surface area contributed by atoms with Gasteiger partial charge in [-0.05, 0) is 0 Å². The molecule has 1 aromatic heterocycles. The smallest absolute Gasteiger partial charge is 0.237 e. The molecule has 2 N–H and O–H groups in total. The van der Waals surface area contributed by atoms with E-state index in [1.54, 1.807) is 4.68 Å². The van der Waals surface area contributed by atoms with Gasteiger partial charge in [-0.25, -0.2) is 4.98 Å². The van der Waals surface area contributed by atoms with Crippen molar-refractivity contribution in [2.75, 3.05) is 13.1 Å². The largest absolute Gasteiger partial charge is 0.353 e. The number of carbonyl (C=O) groups excluding carboxylic acids is 1. The average molecular weight is 195 g/mol. The molecule has 0 aliphatic carbocycles. The van der Waals surface area contributed by atoms with Gasteiger partial charge in [0.1, 0.15) is 12.2 Å². The number of aryl methyl sites for hydroxylation is 1. The summed E-state index contributed by atoms with van der Waals surface area (Å²) in [4.78, 5) is 15.5. The third kappa shape index (κ3) is 1.74. The monoisotopic (exact) mass is 195 g/mol. The first kappa shape index (κ1) is 9.14. The maximum Gasteiger partial charge on any atom is 0.237 e. The average Bonchev–Trinajstić information content (AvgIpc) is 2.56. The molecule has 1 amide bonds. The quantitative estimate of drug-likeness (QED) is 0.599. The van der Waals surface area contributed by atoms with Crippen molar-refractivity contribution in [1.29, 1.82) is 0 Å². The van der Waals surface area contributed by atoms with Gasteiger partial charge >= 0.3 is 0 Å². The summed E-state index contributed by atoms with van der Waals surface area (Å²) in [6, 6.07) is -0.174. The summed E-state index contributed by atoms with van der Waals surface area (Å²) in [6.07, 6.45) is 2.08. The second-order valence-corrected chi connectivity index (χ2v) is 3.30. The molecule has 1 aromatic rings. The highest BCUT2D eigenvalue weighted by molar-refractivity contribution is 5.82. The van der Waals surface area contributed by atoms with E-state index in [1.165, 1.54) is 6.33 Å². The molecule has 2 rings (SSSR count). The lowest BCUT2D eigenvalue weighted by atomic mass is 10.1. The van der Waals surface area contributed by atoms with Crippen LogP contribution in [0.25, 0.3) is 0 Å². The van der Waals surface area contributed by atoms with Gasteiger partial charge in [0, 0.05) is 26.6 Å². The summed E-state index contributed by atoms with van der Waals surface area (Å²) >= 11 is 0. The summed E-state index contributed by atoms with van der Waals surface area (Å²) in [6.45, 7) is 1.52. The second kappa shape index (κ2) is 3.75. The van der Waals surface area contributed by atoms with Crippen LogP contribution in [0.2, 0.25) is 0 Å². The number of aromatic nitrogens is 3. The zero-order valence-corrected chi connectivity index (χ0v) is 8.03. The van der Waals surface area contributed by atoms with Crippen LogP contribution in [0, 0.1) is 0 Å². The Morgan fingerprint density at radius 3 is 3.14 bits per heavy atom. The van der Waals surface area contributed by atoms with Crippen LogP contribution in [-0.2, 0) is 18.3 Å². The Balaban J connectivity index is 2.03. The van der Waals surface area contributed by atoms with Crippen molar-refractivity contribution >= 4 is 5.91 Å². The molecule has 0 bridgehead atoms. The van der Waals surface area contributed by atoms with Crippen LogP contribution in [0.5, 0.6) is 0 Å². The van der Waals surface area contributed by atoms with Crippen molar-refractivity contribution in [3.63, 3.8) is 0 Å². The summed E-state index contributed by atoms with van der Waals surface area (Å²) in [5.41, 5.74) is 0. The Morgan fingerprint density at radius 2 is 2.50 bits per heavy atom. The molecule has 1 atom stereocenters. The summed E-state index contributed by atoms with van der Waals surface area (Å²) in [5, 5.41) is 9.90. The molecule has 6 heteroatoms. The maximum atomic E-state index is 11.4. The lowest BCUT2D eigenvalue weighted by molar-refractivity contribution is -0.124. The predicted molar refractivity (Wildman–Crippen MR) is 49.5 cm³/mol. The van der Waals surface area contributed by atoms with Crippen molar-refractivity contribution in [3.8, 4) is 0 Å². The SMILES string of the molecule is Cn1ncnc1CC1NCCNC1=O. The maximum absolute atomic E-state index is 11.4. The fourth-order valence-electron chi connectivity index (χ4n) is 1.50. The summed E-state index contributed by atoms with van der Waals surface area (Å²) < 4.78 is 1.68. The van der Waals surface area contributed by atoms with Gasteiger partial charge in [0.05, 0.1) is 6.04 Å². The van der Waals surface area contributed by atoms with E-state index < -0.39 is 0 Å². The number of carbonyl (C=O) groups is 1. The normalized spacial score (nSPS) is 22.1. The van der Waals surface area contributed by atoms with Crippen molar-refractivity contribution < 1.29 is 4.79 Å². The molecule has 2 heterocycles. The first-order valence-electron chi connectivity index (χ1n) is 4.61. The van der Waals surface area contributed by atoms with Gasteiger partial charge in [0.25, 0.3) is 0 Å². The van der Waals surface area contributed by atoms with E-state index in [0.717, 1.165) is 12.4 Å². The van der Waals surface area contributed by atoms with Gasteiger partial charge in [0.15, 0.2) is 0 Å². The molecular weight excluding hydrogens is 182 g/mol. The minimum absolute atomic E-state index is 0.0410. The highest BCUT2D eigenvalue weighted by atomic mass is 16.2. The lowest BCUT2D eigenvalue weighted by Gasteiger charge is -2.22. The van der Waals surface area contributed by atoms with Crippen LogP contribution < -0.4 is 10.6 Å². The third-order valence-corrected chi connectivity index (χ3v) is 2.32. The Hall–Kier alpha value is -1.43.